The summed E-state index contributed by atoms with van der Waals surface area (Å²) in [5, 5.41) is 4.14. The van der Waals surface area contributed by atoms with E-state index in [0.29, 0.717) is 0 Å². The highest BCUT2D eigenvalue weighted by Crippen LogP contribution is 2.25. The quantitative estimate of drug-likeness (QED) is 0.857. The molecule has 0 saturated carbocycles. The molecule has 0 atom stereocenters. The van der Waals surface area contributed by atoms with Crippen molar-refractivity contribution in [3.8, 4) is 11.1 Å². The van der Waals surface area contributed by atoms with Gasteiger partial charge in [0.1, 0.15) is 0 Å². The molecule has 0 radical (unpaired) electrons. The Morgan fingerprint density at radius 3 is 2.56 bits per heavy atom. The number of hydrogen-bond donors (Lipinski definition) is 1. The van der Waals surface area contributed by atoms with Gasteiger partial charge in [0, 0.05) is 11.6 Å². The zero-order chi connectivity index (χ0) is 13.0. The van der Waals surface area contributed by atoms with Gasteiger partial charge in [-0.1, -0.05) is 54.4 Å². The van der Waals surface area contributed by atoms with Crippen LogP contribution in [0.1, 0.15) is 18.1 Å². The normalized spacial score (nSPS) is 10.6. The van der Waals surface area contributed by atoms with Crippen LogP contribution in [0, 0.1) is 6.92 Å². The van der Waals surface area contributed by atoms with Crippen molar-refractivity contribution in [2.45, 2.75) is 20.4 Å². The van der Waals surface area contributed by atoms with E-state index in [-0.39, 0.29) is 0 Å². The smallest absolute Gasteiger partial charge is 0.0451 e. The molecule has 1 nitrogen and oxygen atoms in total. The van der Waals surface area contributed by atoms with Gasteiger partial charge in [-0.25, -0.2) is 0 Å². The van der Waals surface area contributed by atoms with Crippen molar-refractivity contribution in [1.29, 1.82) is 0 Å². The highest BCUT2D eigenvalue weighted by atomic mass is 35.5. The van der Waals surface area contributed by atoms with E-state index in [2.05, 4.69) is 55.6 Å². The molecular weight excluding hydrogens is 242 g/mol. The SMILES string of the molecule is CCNCc1cc(-c2cccc(C)c2)ccc1Cl. The van der Waals surface area contributed by atoms with E-state index in [1.165, 1.54) is 16.7 Å². The third kappa shape index (κ3) is 3.12. The summed E-state index contributed by atoms with van der Waals surface area (Å²) in [6.07, 6.45) is 0. The van der Waals surface area contributed by atoms with Crippen LogP contribution in [0.15, 0.2) is 42.5 Å². The van der Waals surface area contributed by atoms with Gasteiger partial charge >= 0.3 is 0 Å². The number of nitrogens with one attached hydrogen (secondary N) is 1. The molecule has 0 amide bonds. The largest absolute Gasteiger partial charge is 0.313 e. The third-order valence-electron chi connectivity index (χ3n) is 2.96. The van der Waals surface area contributed by atoms with Gasteiger partial charge in [-0.3, -0.25) is 0 Å². The van der Waals surface area contributed by atoms with Crippen LogP contribution in [0.5, 0.6) is 0 Å². The monoisotopic (exact) mass is 259 g/mol. The van der Waals surface area contributed by atoms with Crippen LogP contribution in [-0.2, 0) is 6.54 Å². The molecule has 2 aromatic rings. The van der Waals surface area contributed by atoms with Crippen LogP contribution in [0.25, 0.3) is 11.1 Å². The Morgan fingerprint density at radius 1 is 1.06 bits per heavy atom. The maximum Gasteiger partial charge on any atom is 0.0451 e. The van der Waals surface area contributed by atoms with Gasteiger partial charge in [-0.15, -0.1) is 0 Å². The maximum atomic E-state index is 6.21. The lowest BCUT2D eigenvalue weighted by molar-refractivity contribution is 0.727. The highest BCUT2D eigenvalue weighted by Gasteiger charge is 2.03. The summed E-state index contributed by atoms with van der Waals surface area (Å²) in [7, 11) is 0. The van der Waals surface area contributed by atoms with Crippen molar-refractivity contribution >= 4 is 11.6 Å². The number of hydrogen-bond acceptors (Lipinski definition) is 1. The standard InChI is InChI=1S/C16H18ClN/c1-3-18-11-15-10-14(7-8-16(15)17)13-6-4-5-12(2)9-13/h4-10,18H,3,11H2,1-2H3. The Balaban J connectivity index is 2.34. The third-order valence-corrected chi connectivity index (χ3v) is 3.33. The predicted octanol–water partition coefficient (Wildman–Crippen LogP) is 4.42. The Morgan fingerprint density at radius 2 is 1.83 bits per heavy atom. The van der Waals surface area contributed by atoms with Crippen molar-refractivity contribution in [2.24, 2.45) is 0 Å². The molecule has 0 fully saturated rings. The van der Waals surface area contributed by atoms with Gasteiger partial charge in [0.15, 0.2) is 0 Å². The first-order chi connectivity index (χ1) is 8.70. The second kappa shape index (κ2) is 6.03. The van der Waals surface area contributed by atoms with Gasteiger partial charge in [0.2, 0.25) is 0 Å². The Hall–Kier alpha value is -1.31. The average molecular weight is 260 g/mol. The van der Waals surface area contributed by atoms with Gasteiger partial charge in [-0.2, -0.15) is 0 Å². The zero-order valence-electron chi connectivity index (χ0n) is 10.8. The Kier molecular flexibility index (Phi) is 4.40. The van der Waals surface area contributed by atoms with Crippen LogP contribution >= 0.6 is 11.6 Å². The second-order valence-corrected chi connectivity index (χ2v) is 4.86. The summed E-state index contributed by atoms with van der Waals surface area (Å²) in [5.41, 5.74) is 4.88. The van der Waals surface area contributed by atoms with Crippen LogP contribution in [0.3, 0.4) is 0 Å². The number of benzene rings is 2. The van der Waals surface area contributed by atoms with E-state index in [0.717, 1.165) is 23.7 Å². The minimum absolute atomic E-state index is 0.814. The first kappa shape index (κ1) is 13.1. The molecule has 0 aliphatic carbocycles. The van der Waals surface area contributed by atoms with Gasteiger partial charge in [0.25, 0.3) is 0 Å². The van der Waals surface area contributed by atoms with E-state index in [1.54, 1.807) is 0 Å². The summed E-state index contributed by atoms with van der Waals surface area (Å²) in [5.74, 6) is 0. The van der Waals surface area contributed by atoms with Gasteiger partial charge in [0.05, 0.1) is 0 Å². The minimum atomic E-state index is 0.814. The van der Waals surface area contributed by atoms with Crippen molar-refractivity contribution < 1.29 is 0 Å². The summed E-state index contributed by atoms with van der Waals surface area (Å²) in [6.45, 7) is 5.97. The van der Waals surface area contributed by atoms with E-state index < -0.39 is 0 Å². The summed E-state index contributed by atoms with van der Waals surface area (Å²) < 4.78 is 0. The first-order valence-electron chi connectivity index (χ1n) is 6.27. The highest BCUT2D eigenvalue weighted by molar-refractivity contribution is 6.31. The fourth-order valence-corrected chi connectivity index (χ4v) is 2.16. The molecule has 94 valence electrons. The molecule has 0 aliphatic rings. The topological polar surface area (TPSA) is 12.0 Å². The fraction of sp³-hybridized carbons (Fsp3) is 0.250. The molecule has 0 unspecified atom stereocenters. The molecule has 2 heteroatoms. The summed E-state index contributed by atoms with van der Waals surface area (Å²) >= 11 is 6.21. The van der Waals surface area contributed by atoms with E-state index in [1.807, 2.05) is 6.07 Å². The molecule has 1 N–H and O–H groups in total. The second-order valence-electron chi connectivity index (χ2n) is 4.46. The van der Waals surface area contributed by atoms with Crippen LogP contribution < -0.4 is 5.32 Å². The molecule has 0 bridgehead atoms. The lowest BCUT2D eigenvalue weighted by Crippen LogP contribution is -2.12. The average Bonchev–Trinajstić information content (AvgIpc) is 2.38. The van der Waals surface area contributed by atoms with Gasteiger partial charge in [-0.05, 0) is 42.3 Å². The van der Waals surface area contributed by atoms with Crippen molar-refractivity contribution in [2.75, 3.05) is 6.54 Å². The van der Waals surface area contributed by atoms with Crippen LogP contribution in [0.2, 0.25) is 5.02 Å². The minimum Gasteiger partial charge on any atom is -0.313 e. The molecule has 18 heavy (non-hydrogen) atoms. The van der Waals surface area contributed by atoms with Crippen molar-refractivity contribution in [1.82, 2.24) is 5.32 Å². The molecule has 0 aromatic heterocycles. The molecule has 0 aliphatic heterocycles. The summed E-state index contributed by atoms with van der Waals surface area (Å²) in [6, 6.07) is 14.7. The molecule has 0 spiro atoms. The fourth-order valence-electron chi connectivity index (χ4n) is 1.97. The Labute approximate surface area is 114 Å². The number of aryl methyl sites for hydroxylation is 1. The zero-order valence-corrected chi connectivity index (χ0v) is 11.6. The van der Waals surface area contributed by atoms with E-state index >= 15 is 0 Å². The van der Waals surface area contributed by atoms with E-state index in [4.69, 9.17) is 11.6 Å². The molecule has 2 rings (SSSR count). The van der Waals surface area contributed by atoms with Crippen LogP contribution in [0.4, 0.5) is 0 Å². The van der Waals surface area contributed by atoms with Gasteiger partial charge < -0.3 is 5.32 Å². The number of rotatable bonds is 4. The molecule has 0 heterocycles. The number of halogens is 1. The first-order valence-corrected chi connectivity index (χ1v) is 6.64. The van der Waals surface area contributed by atoms with Crippen molar-refractivity contribution in [3.05, 3.63) is 58.6 Å². The molecule has 0 saturated heterocycles. The maximum absolute atomic E-state index is 6.21. The van der Waals surface area contributed by atoms with Crippen LogP contribution in [-0.4, -0.2) is 6.54 Å². The Bertz CT molecular complexity index is 534. The van der Waals surface area contributed by atoms with Crippen molar-refractivity contribution in [3.63, 3.8) is 0 Å². The molecule has 2 aromatic carbocycles. The van der Waals surface area contributed by atoms with E-state index in [9.17, 15) is 0 Å². The lowest BCUT2D eigenvalue weighted by atomic mass is 10.0. The summed E-state index contributed by atoms with van der Waals surface area (Å²) in [4.78, 5) is 0. The lowest BCUT2D eigenvalue weighted by Gasteiger charge is -2.09. The predicted molar refractivity (Wildman–Crippen MR) is 79.0 cm³/mol. The molecular formula is C16H18ClN.